The zero-order chi connectivity index (χ0) is 18.0. The van der Waals surface area contributed by atoms with Crippen LogP contribution in [0.3, 0.4) is 0 Å². The van der Waals surface area contributed by atoms with E-state index in [9.17, 15) is 4.79 Å². The smallest absolute Gasteiger partial charge is 0.253 e. The minimum Gasteiger partial charge on any atom is -0.336 e. The average Bonchev–Trinajstić information content (AvgIpc) is 3.06. The summed E-state index contributed by atoms with van der Waals surface area (Å²) in [5, 5.41) is 11.7. The van der Waals surface area contributed by atoms with E-state index in [1.54, 1.807) is 4.68 Å². The average molecular weight is 342 g/mol. The molecule has 0 radical (unpaired) electrons. The van der Waals surface area contributed by atoms with E-state index in [0.29, 0.717) is 5.92 Å². The summed E-state index contributed by atoms with van der Waals surface area (Å²) in [6.45, 7) is 9.51. The molecule has 0 aliphatic carbocycles. The molecule has 0 bridgehead atoms. The number of hydrogen-bond donors (Lipinski definition) is 0. The van der Waals surface area contributed by atoms with E-state index in [4.69, 9.17) is 0 Å². The number of piperazine rings is 1. The normalized spacial score (nSPS) is 17.1. The Morgan fingerprint density at radius 3 is 2.20 bits per heavy atom. The molecule has 1 aromatic carbocycles. The largest absolute Gasteiger partial charge is 0.336 e. The number of hydrogen-bond acceptors (Lipinski definition) is 5. The number of aromatic nitrogens is 4. The molecule has 25 heavy (non-hydrogen) atoms. The summed E-state index contributed by atoms with van der Waals surface area (Å²) in [4.78, 5) is 17.0. The van der Waals surface area contributed by atoms with E-state index >= 15 is 0 Å². The van der Waals surface area contributed by atoms with Crippen molar-refractivity contribution in [3.63, 3.8) is 0 Å². The second-order valence-corrected chi connectivity index (χ2v) is 6.94. The van der Waals surface area contributed by atoms with Gasteiger partial charge >= 0.3 is 0 Å². The first-order chi connectivity index (χ1) is 12.0. The van der Waals surface area contributed by atoms with Crippen molar-refractivity contribution in [3.8, 4) is 0 Å². The van der Waals surface area contributed by atoms with Crippen LogP contribution in [0, 0.1) is 0 Å². The maximum atomic E-state index is 12.7. The van der Waals surface area contributed by atoms with Crippen LogP contribution in [0.5, 0.6) is 0 Å². The van der Waals surface area contributed by atoms with Crippen molar-refractivity contribution < 1.29 is 4.79 Å². The Labute approximate surface area is 148 Å². The van der Waals surface area contributed by atoms with Crippen LogP contribution in [-0.2, 0) is 7.05 Å². The summed E-state index contributed by atoms with van der Waals surface area (Å²) in [5.41, 5.74) is 2.02. The number of amides is 1. The maximum Gasteiger partial charge on any atom is 0.253 e. The molecule has 1 unspecified atom stereocenters. The van der Waals surface area contributed by atoms with E-state index in [-0.39, 0.29) is 11.9 Å². The van der Waals surface area contributed by atoms with Crippen LogP contribution >= 0.6 is 0 Å². The minimum absolute atomic E-state index is 0.114. The Hall–Kier alpha value is -2.28. The van der Waals surface area contributed by atoms with Gasteiger partial charge in [-0.1, -0.05) is 26.0 Å². The number of tetrazole rings is 1. The maximum absolute atomic E-state index is 12.7. The fraction of sp³-hybridized carbons (Fsp3) is 0.556. The van der Waals surface area contributed by atoms with Crippen molar-refractivity contribution in [2.45, 2.75) is 32.7 Å². The molecule has 0 N–H and O–H groups in total. The van der Waals surface area contributed by atoms with Crippen LogP contribution in [0.2, 0.25) is 0 Å². The minimum atomic E-state index is 0.114. The van der Waals surface area contributed by atoms with E-state index in [1.807, 2.05) is 24.1 Å². The Bertz CT molecular complexity index is 715. The fourth-order valence-electron chi connectivity index (χ4n) is 3.26. The lowest BCUT2D eigenvalue weighted by Crippen LogP contribution is -2.49. The molecule has 3 rings (SSSR count). The number of rotatable bonds is 4. The van der Waals surface area contributed by atoms with Gasteiger partial charge in [-0.05, 0) is 41.0 Å². The molecule has 0 spiro atoms. The van der Waals surface area contributed by atoms with Crippen LogP contribution in [0.1, 0.15) is 54.5 Å². The van der Waals surface area contributed by atoms with Gasteiger partial charge in [0.2, 0.25) is 0 Å². The Kier molecular flexibility index (Phi) is 5.13. The molecule has 7 heteroatoms. The Morgan fingerprint density at radius 1 is 1.04 bits per heavy atom. The third-order valence-electron chi connectivity index (χ3n) is 5.00. The highest BCUT2D eigenvalue weighted by Gasteiger charge is 2.27. The summed E-state index contributed by atoms with van der Waals surface area (Å²) in [6, 6.07) is 8.13. The van der Waals surface area contributed by atoms with Gasteiger partial charge in [0, 0.05) is 38.8 Å². The van der Waals surface area contributed by atoms with Crippen LogP contribution in [0.15, 0.2) is 24.3 Å². The van der Waals surface area contributed by atoms with Gasteiger partial charge in [0.05, 0.1) is 6.04 Å². The molecule has 1 aliphatic heterocycles. The highest BCUT2D eigenvalue weighted by molar-refractivity contribution is 5.94. The number of aryl methyl sites for hydroxylation is 1. The van der Waals surface area contributed by atoms with Gasteiger partial charge in [-0.15, -0.1) is 5.10 Å². The molecular weight excluding hydrogens is 316 g/mol. The first-order valence-electron chi connectivity index (χ1n) is 8.83. The van der Waals surface area contributed by atoms with Crippen LogP contribution in [0.25, 0.3) is 0 Å². The second-order valence-electron chi connectivity index (χ2n) is 6.94. The molecule has 2 aromatic rings. The lowest BCUT2D eigenvalue weighted by atomic mass is 10.0. The molecule has 0 saturated carbocycles. The second kappa shape index (κ2) is 7.31. The molecular formula is C18H26N6O. The predicted octanol–water partition coefficient (Wildman–Crippen LogP) is 1.85. The summed E-state index contributed by atoms with van der Waals surface area (Å²) >= 11 is 0. The monoisotopic (exact) mass is 342 g/mol. The van der Waals surface area contributed by atoms with Crippen LogP contribution in [-0.4, -0.2) is 62.1 Å². The third kappa shape index (κ3) is 3.71. The molecule has 134 valence electrons. The molecule has 1 amide bonds. The SMILES string of the molecule is CC(C)c1ccc(C(=O)N2CCN(C(C)c3nnnn3C)CC2)cc1. The van der Waals surface area contributed by atoms with Crippen LogP contribution < -0.4 is 0 Å². The highest BCUT2D eigenvalue weighted by atomic mass is 16.2. The molecule has 1 aromatic heterocycles. The predicted molar refractivity (Wildman–Crippen MR) is 95.2 cm³/mol. The van der Waals surface area contributed by atoms with Crippen molar-refractivity contribution in [3.05, 3.63) is 41.2 Å². The van der Waals surface area contributed by atoms with Crippen molar-refractivity contribution in [1.29, 1.82) is 0 Å². The van der Waals surface area contributed by atoms with E-state index in [0.717, 1.165) is 37.6 Å². The van der Waals surface area contributed by atoms with Gasteiger partial charge in [0.1, 0.15) is 0 Å². The van der Waals surface area contributed by atoms with Gasteiger partial charge in [0.25, 0.3) is 5.91 Å². The number of benzene rings is 1. The molecule has 1 fully saturated rings. The van der Waals surface area contributed by atoms with Crippen molar-refractivity contribution >= 4 is 5.91 Å². The Morgan fingerprint density at radius 2 is 1.68 bits per heavy atom. The summed E-state index contributed by atoms with van der Waals surface area (Å²) in [6.07, 6.45) is 0. The number of carbonyl (C=O) groups excluding carboxylic acids is 1. The summed E-state index contributed by atoms with van der Waals surface area (Å²) in [5.74, 6) is 1.44. The summed E-state index contributed by atoms with van der Waals surface area (Å²) in [7, 11) is 1.85. The lowest BCUT2D eigenvalue weighted by molar-refractivity contribution is 0.0572. The van der Waals surface area contributed by atoms with Gasteiger partial charge in [-0.3, -0.25) is 9.69 Å². The van der Waals surface area contributed by atoms with Crippen molar-refractivity contribution in [1.82, 2.24) is 30.0 Å². The van der Waals surface area contributed by atoms with Gasteiger partial charge in [0.15, 0.2) is 5.82 Å². The number of nitrogens with zero attached hydrogens (tertiary/aromatic N) is 6. The first kappa shape index (κ1) is 17.5. The van der Waals surface area contributed by atoms with Gasteiger partial charge in [-0.25, -0.2) is 4.68 Å². The zero-order valence-electron chi connectivity index (χ0n) is 15.4. The molecule has 1 saturated heterocycles. The standard InChI is InChI=1S/C18H26N6O/c1-13(2)15-5-7-16(8-6-15)18(25)24-11-9-23(10-12-24)14(3)17-19-20-21-22(17)4/h5-8,13-14H,9-12H2,1-4H3. The van der Waals surface area contributed by atoms with E-state index < -0.39 is 0 Å². The fourth-order valence-corrected chi connectivity index (χ4v) is 3.26. The van der Waals surface area contributed by atoms with E-state index in [1.165, 1.54) is 5.56 Å². The molecule has 7 nitrogen and oxygen atoms in total. The van der Waals surface area contributed by atoms with E-state index in [2.05, 4.69) is 53.3 Å². The lowest BCUT2D eigenvalue weighted by Gasteiger charge is -2.37. The van der Waals surface area contributed by atoms with Gasteiger partial charge in [-0.2, -0.15) is 0 Å². The molecule has 1 atom stereocenters. The van der Waals surface area contributed by atoms with Crippen LogP contribution in [0.4, 0.5) is 0 Å². The zero-order valence-corrected chi connectivity index (χ0v) is 15.4. The first-order valence-corrected chi connectivity index (χ1v) is 8.83. The van der Waals surface area contributed by atoms with Crippen molar-refractivity contribution in [2.75, 3.05) is 26.2 Å². The molecule has 1 aliphatic rings. The Balaban J connectivity index is 1.60. The molecule has 2 heterocycles. The quantitative estimate of drug-likeness (QED) is 0.848. The van der Waals surface area contributed by atoms with Crippen molar-refractivity contribution in [2.24, 2.45) is 7.05 Å². The number of carbonyl (C=O) groups is 1. The topological polar surface area (TPSA) is 67.2 Å². The summed E-state index contributed by atoms with van der Waals surface area (Å²) < 4.78 is 1.71. The third-order valence-corrected chi connectivity index (χ3v) is 5.00. The van der Waals surface area contributed by atoms with Gasteiger partial charge < -0.3 is 4.90 Å². The highest BCUT2D eigenvalue weighted by Crippen LogP contribution is 2.20.